The van der Waals surface area contributed by atoms with Gasteiger partial charge in [-0.3, -0.25) is 9.69 Å². The standard InChI is InChI=1S/C21H20F3N5O2S.ClH/c1-27(2)9-10-29(19(30)12-28-13-25-15-5-3-4-6-17(15)28)20-26-16-8-7-14(11-18(16)32-20)31-21(22,23)24;/h3-8,11,13H,9-10,12H2,1-2H3;1H. The van der Waals surface area contributed by atoms with Gasteiger partial charge in [0.05, 0.1) is 27.6 Å². The summed E-state index contributed by atoms with van der Waals surface area (Å²) >= 11 is 1.15. The molecule has 2 heterocycles. The van der Waals surface area contributed by atoms with Gasteiger partial charge in [-0.25, -0.2) is 9.97 Å². The average Bonchev–Trinajstić information content (AvgIpc) is 3.31. The molecule has 0 aliphatic carbocycles. The fourth-order valence-corrected chi connectivity index (χ4v) is 4.24. The van der Waals surface area contributed by atoms with Gasteiger partial charge >= 0.3 is 6.36 Å². The zero-order valence-electron chi connectivity index (χ0n) is 17.7. The Morgan fingerprint density at radius 3 is 2.61 bits per heavy atom. The molecule has 0 bridgehead atoms. The summed E-state index contributed by atoms with van der Waals surface area (Å²) in [6.45, 7) is 1.03. The molecule has 33 heavy (non-hydrogen) atoms. The molecule has 0 N–H and O–H groups in total. The number of alkyl halides is 3. The van der Waals surface area contributed by atoms with E-state index in [2.05, 4.69) is 14.7 Å². The summed E-state index contributed by atoms with van der Waals surface area (Å²) in [6.07, 6.45) is -3.16. The first-order valence-corrected chi connectivity index (χ1v) is 10.5. The smallest absolute Gasteiger partial charge is 0.406 e. The molecule has 0 aliphatic rings. The number of carbonyl (C=O) groups excluding carboxylic acids is 1. The van der Waals surface area contributed by atoms with Crippen molar-refractivity contribution < 1.29 is 22.7 Å². The van der Waals surface area contributed by atoms with Crippen LogP contribution in [0.3, 0.4) is 0 Å². The molecular weight excluding hydrogens is 479 g/mol. The highest BCUT2D eigenvalue weighted by Crippen LogP contribution is 2.33. The van der Waals surface area contributed by atoms with E-state index in [9.17, 15) is 18.0 Å². The van der Waals surface area contributed by atoms with Crippen molar-refractivity contribution in [3.8, 4) is 5.75 Å². The summed E-state index contributed by atoms with van der Waals surface area (Å²) in [7, 11) is 3.79. The van der Waals surface area contributed by atoms with E-state index in [4.69, 9.17) is 0 Å². The number of nitrogens with zero attached hydrogens (tertiary/aromatic N) is 5. The Balaban J connectivity index is 0.00000306. The van der Waals surface area contributed by atoms with E-state index in [1.165, 1.54) is 18.2 Å². The number of imidazole rings is 1. The molecule has 0 saturated heterocycles. The number of fused-ring (bicyclic) bond motifs is 2. The number of amides is 1. The molecule has 1 amide bonds. The van der Waals surface area contributed by atoms with Crippen LogP contribution in [-0.4, -0.2) is 58.9 Å². The van der Waals surface area contributed by atoms with E-state index in [-0.39, 0.29) is 30.6 Å². The topological polar surface area (TPSA) is 63.5 Å². The summed E-state index contributed by atoms with van der Waals surface area (Å²) in [5.41, 5.74) is 2.12. The predicted molar refractivity (Wildman–Crippen MR) is 124 cm³/mol. The lowest BCUT2D eigenvalue weighted by Crippen LogP contribution is -2.38. The van der Waals surface area contributed by atoms with E-state index in [1.54, 1.807) is 15.8 Å². The second kappa shape index (κ2) is 9.94. The Kier molecular flexibility index (Phi) is 7.45. The van der Waals surface area contributed by atoms with Crippen molar-refractivity contribution in [2.75, 3.05) is 32.1 Å². The number of anilines is 1. The fraction of sp³-hybridized carbons (Fsp3) is 0.286. The van der Waals surface area contributed by atoms with Crippen LogP contribution in [0.5, 0.6) is 5.75 Å². The highest BCUT2D eigenvalue weighted by Gasteiger charge is 2.31. The maximum Gasteiger partial charge on any atom is 0.573 e. The summed E-state index contributed by atoms with van der Waals surface area (Å²) < 4.78 is 43.9. The number of hydrogen-bond donors (Lipinski definition) is 0. The summed E-state index contributed by atoms with van der Waals surface area (Å²) in [6, 6.07) is 11.5. The van der Waals surface area contributed by atoms with Crippen molar-refractivity contribution in [3.05, 3.63) is 48.8 Å². The largest absolute Gasteiger partial charge is 0.573 e. The molecule has 12 heteroatoms. The van der Waals surface area contributed by atoms with Crippen molar-refractivity contribution in [1.29, 1.82) is 0 Å². The Morgan fingerprint density at radius 2 is 1.88 bits per heavy atom. The van der Waals surface area contributed by atoms with Gasteiger partial charge in [-0.15, -0.1) is 25.6 Å². The molecule has 0 aliphatic heterocycles. The van der Waals surface area contributed by atoms with Crippen LogP contribution in [0.4, 0.5) is 18.3 Å². The van der Waals surface area contributed by atoms with E-state index in [1.807, 2.05) is 43.3 Å². The number of hydrogen-bond acceptors (Lipinski definition) is 6. The molecule has 0 fully saturated rings. The molecule has 0 atom stereocenters. The van der Waals surface area contributed by atoms with Crippen molar-refractivity contribution in [2.24, 2.45) is 0 Å². The second-order valence-corrected chi connectivity index (χ2v) is 8.39. The van der Waals surface area contributed by atoms with Crippen LogP contribution < -0.4 is 9.64 Å². The SMILES string of the molecule is CN(C)CCN(C(=O)Cn1cnc2ccccc21)c1nc2ccc(OC(F)(F)F)cc2s1.Cl. The van der Waals surface area contributed by atoms with Gasteiger partial charge in [0.15, 0.2) is 5.13 Å². The van der Waals surface area contributed by atoms with Crippen LogP contribution in [0.1, 0.15) is 0 Å². The normalized spacial score (nSPS) is 11.7. The van der Waals surface area contributed by atoms with Crippen LogP contribution in [-0.2, 0) is 11.3 Å². The summed E-state index contributed by atoms with van der Waals surface area (Å²) in [5, 5.41) is 0.417. The van der Waals surface area contributed by atoms with Crippen LogP contribution in [0.2, 0.25) is 0 Å². The highest BCUT2D eigenvalue weighted by molar-refractivity contribution is 7.22. The van der Waals surface area contributed by atoms with Gasteiger partial charge in [-0.1, -0.05) is 23.5 Å². The molecule has 176 valence electrons. The average molecular weight is 500 g/mol. The third kappa shape index (κ3) is 5.92. The molecule has 2 aromatic carbocycles. The maximum absolute atomic E-state index is 13.3. The van der Waals surface area contributed by atoms with Gasteiger partial charge in [0, 0.05) is 19.2 Å². The van der Waals surface area contributed by atoms with E-state index in [0.717, 1.165) is 22.4 Å². The Labute approximate surface area is 197 Å². The second-order valence-electron chi connectivity index (χ2n) is 7.38. The van der Waals surface area contributed by atoms with E-state index >= 15 is 0 Å². The maximum atomic E-state index is 13.3. The number of thiazole rings is 1. The first-order chi connectivity index (χ1) is 15.2. The number of ether oxygens (including phenoxy) is 1. The molecular formula is C21H21ClF3N5O2S. The Morgan fingerprint density at radius 1 is 1.12 bits per heavy atom. The lowest BCUT2D eigenvalue weighted by Gasteiger charge is -2.22. The number of rotatable bonds is 7. The molecule has 0 radical (unpaired) electrons. The first-order valence-electron chi connectivity index (χ1n) is 9.71. The number of halogens is 4. The third-order valence-electron chi connectivity index (χ3n) is 4.72. The van der Waals surface area contributed by atoms with Gasteiger partial charge in [-0.2, -0.15) is 0 Å². The first kappa shape index (κ1) is 24.7. The van der Waals surface area contributed by atoms with E-state index < -0.39 is 6.36 Å². The lowest BCUT2D eigenvalue weighted by molar-refractivity contribution is -0.274. The van der Waals surface area contributed by atoms with Crippen molar-refractivity contribution in [1.82, 2.24) is 19.4 Å². The zero-order chi connectivity index (χ0) is 22.9. The molecule has 0 unspecified atom stereocenters. The predicted octanol–water partition coefficient (Wildman–Crippen LogP) is 4.56. The molecule has 4 aromatic rings. The number of carbonyl (C=O) groups is 1. The summed E-state index contributed by atoms with van der Waals surface area (Å²) in [5.74, 6) is -0.517. The van der Waals surface area contributed by atoms with Crippen molar-refractivity contribution in [3.63, 3.8) is 0 Å². The summed E-state index contributed by atoms with van der Waals surface area (Å²) in [4.78, 5) is 25.6. The number of likely N-dealkylation sites (N-methyl/N-ethyl adjacent to an activating group) is 1. The van der Waals surface area contributed by atoms with Gasteiger partial charge < -0.3 is 14.2 Å². The third-order valence-corrected chi connectivity index (χ3v) is 5.76. The highest BCUT2D eigenvalue weighted by atomic mass is 35.5. The molecule has 2 aromatic heterocycles. The lowest BCUT2D eigenvalue weighted by atomic mass is 10.3. The molecule has 0 saturated carbocycles. The van der Waals surface area contributed by atoms with Gasteiger partial charge in [0.2, 0.25) is 5.91 Å². The molecule has 4 rings (SSSR count). The van der Waals surface area contributed by atoms with Gasteiger partial charge in [0.1, 0.15) is 12.3 Å². The van der Waals surface area contributed by atoms with Crippen LogP contribution in [0, 0.1) is 0 Å². The molecule has 7 nitrogen and oxygen atoms in total. The minimum absolute atomic E-state index is 0. The van der Waals surface area contributed by atoms with Crippen LogP contribution in [0.15, 0.2) is 48.8 Å². The van der Waals surface area contributed by atoms with Gasteiger partial charge in [0.25, 0.3) is 0 Å². The number of benzene rings is 2. The fourth-order valence-electron chi connectivity index (χ4n) is 3.20. The minimum atomic E-state index is -4.78. The zero-order valence-corrected chi connectivity index (χ0v) is 19.4. The number of aromatic nitrogens is 3. The van der Waals surface area contributed by atoms with Crippen molar-refractivity contribution >= 4 is 56.0 Å². The van der Waals surface area contributed by atoms with Crippen molar-refractivity contribution in [2.45, 2.75) is 12.9 Å². The Hall–Kier alpha value is -2.89. The Bertz CT molecular complexity index is 1260. The van der Waals surface area contributed by atoms with E-state index in [0.29, 0.717) is 28.4 Å². The van der Waals surface area contributed by atoms with Crippen LogP contribution in [0.25, 0.3) is 21.3 Å². The quantitative estimate of drug-likeness (QED) is 0.373. The molecule has 0 spiro atoms. The minimum Gasteiger partial charge on any atom is -0.406 e. The number of para-hydroxylation sites is 2. The van der Waals surface area contributed by atoms with Gasteiger partial charge in [-0.05, 0) is 38.4 Å². The van der Waals surface area contributed by atoms with Crippen LogP contribution >= 0.6 is 23.7 Å². The monoisotopic (exact) mass is 499 g/mol.